The van der Waals surface area contributed by atoms with Gasteiger partial charge in [0.25, 0.3) is 0 Å². The van der Waals surface area contributed by atoms with E-state index in [0.717, 1.165) is 44.7 Å². The molecule has 0 aliphatic carbocycles. The number of rotatable bonds is 10. The second kappa shape index (κ2) is 9.78. The molecule has 1 unspecified atom stereocenters. The SMILES string of the molecule is COCC(CCCN)NCCc1cccc(OC)c1. The van der Waals surface area contributed by atoms with Gasteiger partial charge in [0.15, 0.2) is 0 Å². The van der Waals surface area contributed by atoms with Crippen molar-refractivity contribution in [2.24, 2.45) is 5.73 Å². The Hall–Kier alpha value is -1.10. The minimum Gasteiger partial charge on any atom is -0.497 e. The molecule has 0 heterocycles. The normalized spacial score (nSPS) is 12.4. The lowest BCUT2D eigenvalue weighted by Gasteiger charge is -2.17. The van der Waals surface area contributed by atoms with Crippen molar-refractivity contribution in [2.75, 3.05) is 33.9 Å². The van der Waals surface area contributed by atoms with Crippen LogP contribution in [0, 0.1) is 0 Å². The monoisotopic (exact) mass is 266 g/mol. The van der Waals surface area contributed by atoms with Gasteiger partial charge in [-0.2, -0.15) is 0 Å². The smallest absolute Gasteiger partial charge is 0.119 e. The molecule has 1 rings (SSSR count). The van der Waals surface area contributed by atoms with Gasteiger partial charge in [0.05, 0.1) is 13.7 Å². The van der Waals surface area contributed by atoms with Crippen LogP contribution in [0.2, 0.25) is 0 Å². The van der Waals surface area contributed by atoms with Crippen molar-refractivity contribution in [3.63, 3.8) is 0 Å². The van der Waals surface area contributed by atoms with Crippen LogP contribution in [-0.2, 0) is 11.2 Å². The first kappa shape index (κ1) is 16.0. The van der Waals surface area contributed by atoms with E-state index in [4.69, 9.17) is 15.2 Å². The van der Waals surface area contributed by atoms with E-state index in [1.165, 1.54) is 5.56 Å². The molecule has 0 fully saturated rings. The van der Waals surface area contributed by atoms with Crippen molar-refractivity contribution >= 4 is 0 Å². The molecule has 0 aliphatic rings. The summed E-state index contributed by atoms with van der Waals surface area (Å²) in [7, 11) is 3.43. The maximum atomic E-state index is 5.54. The fraction of sp³-hybridized carbons (Fsp3) is 0.600. The molecule has 1 atom stereocenters. The number of methoxy groups -OCH3 is 2. The largest absolute Gasteiger partial charge is 0.497 e. The molecule has 19 heavy (non-hydrogen) atoms. The zero-order chi connectivity index (χ0) is 13.9. The predicted octanol–water partition coefficient (Wildman–Crippen LogP) is 1.58. The first-order valence-electron chi connectivity index (χ1n) is 6.85. The molecule has 0 saturated carbocycles. The average Bonchev–Trinajstić information content (AvgIpc) is 2.45. The van der Waals surface area contributed by atoms with Crippen LogP contribution in [0.5, 0.6) is 5.75 Å². The van der Waals surface area contributed by atoms with E-state index in [2.05, 4.69) is 17.4 Å². The highest BCUT2D eigenvalue weighted by Gasteiger charge is 2.06. The summed E-state index contributed by atoms with van der Waals surface area (Å²) in [6.07, 6.45) is 3.07. The molecular weight excluding hydrogens is 240 g/mol. The molecule has 4 heteroatoms. The zero-order valence-electron chi connectivity index (χ0n) is 12.0. The molecule has 0 amide bonds. The third-order valence-electron chi connectivity index (χ3n) is 3.11. The first-order valence-corrected chi connectivity index (χ1v) is 6.85. The third kappa shape index (κ3) is 6.57. The molecule has 108 valence electrons. The highest BCUT2D eigenvalue weighted by molar-refractivity contribution is 5.28. The van der Waals surface area contributed by atoms with Crippen molar-refractivity contribution in [3.05, 3.63) is 29.8 Å². The molecule has 0 aromatic heterocycles. The van der Waals surface area contributed by atoms with Gasteiger partial charge in [-0.3, -0.25) is 0 Å². The molecular formula is C15H26N2O2. The van der Waals surface area contributed by atoms with Gasteiger partial charge in [0, 0.05) is 13.2 Å². The van der Waals surface area contributed by atoms with E-state index < -0.39 is 0 Å². The quantitative estimate of drug-likeness (QED) is 0.675. The maximum absolute atomic E-state index is 5.54. The Morgan fingerprint density at radius 2 is 2.16 bits per heavy atom. The van der Waals surface area contributed by atoms with Crippen molar-refractivity contribution in [1.29, 1.82) is 0 Å². The fourth-order valence-electron chi connectivity index (χ4n) is 2.06. The summed E-state index contributed by atoms with van der Waals surface area (Å²) in [6, 6.07) is 8.57. The van der Waals surface area contributed by atoms with Crippen LogP contribution < -0.4 is 15.8 Å². The van der Waals surface area contributed by atoms with E-state index in [9.17, 15) is 0 Å². The topological polar surface area (TPSA) is 56.5 Å². The van der Waals surface area contributed by atoms with Crippen LogP contribution in [-0.4, -0.2) is 40.0 Å². The van der Waals surface area contributed by atoms with Crippen molar-refractivity contribution in [3.8, 4) is 5.75 Å². The number of hydrogen-bond acceptors (Lipinski definition) is 4. The summed E-state index contributed by atoms with van der Waals surface area (Å²) in [4.78, 5) is 0. The van der Waals surface area contributed by atoms with Crippen LogP contribution in [0.15, 0.2) is 24.3 Å². The molecule has 3 N–H and O–H groups in total. The van der Waals surface area contributed by atoms with Crippen molar-refractivity contribution < 1.29 is 9.47 Å². The van der Waals surface area contributed by atoms with Gasteiger partial charge in [0.2, 0.25) is 0 Å². The van der Waals surface area contributed by atoms with Crippen LogP contribution in [0.1, 0.15) is 18.4 Å². The standard InChI is InChI=1S/C15H26N2O2/c1-18-12-14(6-4-9-16)17-10-8-13-5-3-7-15(11-13)19-2/h3,5,7,11,14,17H,4,6,8-10,12,16H2,1-2H3. The second-order valence-corrected chi connectivity index (χ2v) is 4.64. The minimum absolute atomic E-state index is 0.388. The molecule has 0 saturated heterocycles. The van der Waals surface area contributed by atoms with Crippen LogP contribution >= 0.6 is 0 Å². The lowest BCUT2D eigenvalue weighted by Crippen LogP contribution is -2.35. The summed E-state index contributed by atoms with van der Waals surface area (Å²) in [5.74, 6) is 0.911. The zero-order valence-corrected chi connectivity index (χ0v) is 12.0. The van der Waals surface area contributed by atoms with Crippen molar-refractivity contribution in [2.45, 2.75) is 25.3 Å². The van der Waals surface area contributed by atoms with E-state index in [1.807, 2.05) is 12.1 Å². The van der Waals surface area contributed by atoms with E-state index in [-0.39, 0.29) is 0 Å². The number of nitrogens with two attached hydrogens (primary N) is 1. The Bertz CT molecular complexity index is 345. The molecule has 0 spiro atoms. The number of benzene rings is 1. The van der Waals surface area contributed by atoms with Gasteiger partial charge in [-0.25, -0.2) is 0 Å². The van der Waals surface area contributed by atoms with E-state index in [1.54, 1.807) is 14.2 Å². The Balaban J connectivity index is 2.33. The van der Waals surface area contributed by atoms with Crippen LogP contribution in [0.4, 0.5) is 0 Å². The molecule has 4 nitrogen and oxygen atoms in total. The Morgan fingerprint density at radius 3 is 2.84 bits per heavy atom. The van der Waals surface area contributed by atoms with E-state index >= 15 is 0 Å². The molecule has 1 aromatic carbocycles. The average molecular weight is 266 g/mol. The molecule has 0 aliphatic heterocycles. The maximum Gasteiger partial charge on any atom is 0.119 e. The summed E-state index contributed by atoms with van der Waals surface area (Å²) < 4.78 is 10.4. The van der Waals surface area contributed by atoms with E-state index in [0.29, 0.717) is 6.04 Å². The van der Waals surface area contributed by atoms with Crippen molar-refractivity contribution in [1.82, 2.24) is 5.32 Å². The van der Waals surface area contributed by atoms with Crippen LogP contribution in [0.25, 0.3) is 0 Å². The third-order valence-corrected chi connectivity index (χ3v) is 3.11. The van der Waals surface area contributed by atoms with Gasteiger partial charge in [0.1, 0.15) is 5.75 Å². The van der Waals surface area contributed by atoms with Gasteiger partial charge < -0.3 is 20.5 Å². The number of nitrogens with one attached hydrogen (secondary N) is 1. The van der Waals surface area contributed by atoms with Gasteiger partial charge in [-0.05, 0) is 50.0 Å². The lowest BCUT2D eigenvalue weighted by molar-refractivity contribution is 0.162. The minimum atomic E-state index is 0.388. The van der Waals surface area contributed by atoms with Crippen LogP contribution in [0.3, 0.4) is 0 Å². The summed E-state index contributed by atoms with van der Waals surface area (Å²) >= 11 is 0. The summed E-state index contributed by atoms with van der Waals surface area (Å²) in [5, 5.41) is 3.52. The van der Waals surface area contributed by atoms with Gasteiger partial charge in [-0.15, -0.1) is 0 Å². The molecule has 0 radical (unpaired) electrons. The van der Waals surface area contributed by atoms with Gasteiger partial charge in [-0.1, -0.05) is 12.1 Å². The highest BCUT2D eigenvalue weighted by atomic mass is 16.5. The molecule has 1 aromatic rings. The predicted molar refractivity (Wildman–Crippen MR) is 78.7 cm³/mol. The Kier molecular flexibility index (Phi) is 8.21. The fourth-order valence-corrected chi connectivity index (χ4v) is 2.06. The van der Waals surface area contributed by atoms with Gasteiger partial charge >= 0.3 is 0 Å². The summed E-state index contributed by atoms with van der Waals surface area (Å²) in [5.41, 5.74) is 6.82. The number of ether oxygens (including phenoxy) is 2. The Morgan fingerprint density at radius 1 is 1.32 bits per heavy atom. The summed E-state index contributed by atoms with van der Waals surface area (Å²) in [6.45, 7) is 2.40. The lowest BCUT2D eigenvalue weighted by atomic mass is 10.1. The Labute approximate surface area is 116 Å². The molecule has 0 bridgehead atoms. The number of hydrogen-bond donors (Lipinski definition) is 2. The second-order valence-electron chi connectivity index (χ2n) is 4.64. The highest BCUT2D eigenvalue weighted by Crippen LogP contribution is 2.12. The first-order chi connectivity index (χ1) is 9.30.